The molecule has 3 atom stereocenters. The molecule has 0 saturated heterocycles. The minimum atomic E-state index is -0.352. The summed E-state index contributed by atoms with van der Waals surface area (Å²) < 4.78 is 19.5. The zero-order chi connectivity index (χ0) is 31.4. The molecule has 0 aliphatic rings. The minimum absolute atomic E-state index is 0.352. The summed E-state index contributed by atoms with van der Waals surface area (Å²) in [6.45, 7) is 9.91. The number of hydrogen-bond donors (Lipinski definition) is 0. The fourth-order valence-electron chi connectivity index (χ4n) is 5.86. The van der Waals surface area contributed by atoms with Gasteiger partial charge in [-0.25, -0.2) is 0 Å². The number of ether oxygens (including phenoxy) is 3. The van der Waals surface area contributed by atoms with Gasteiger partial charge in [-0.1, -0.05) is 150 Å². The van der Waals surface area contributed by atoms with Crippen LogP contribution in [-0.4, -0.2) is 19.5 Å². The van der Waals surface area contributed by atoms with Gasteiger partial charge in [-0.3, -0.25) is 0 Å². The number of para-hydroxylation sites is 1. The van der Waals surface area contributed by atoms with Gasteiger partial charge in [0, 0.05) is 17.5 Å². The van der Waals surface area contributed by atoms with Gasteiger partial charge in [-0.15, -0.1) is 0 Å². The van der Waals surface area contributed by atoms with E-state index in [0.717, 1.165) is 53.0 Å². The molecule has 3 unspecified atom stereocenters. The van der Waals surface area contributed by atoms with Crippen molar-refractivity contribution in [1.29, 1.82) is 0 Å². The smallest absolute Gasteiger partial charge is 0.200 e. The Kier molecular flexibility index (Phi) is 11.7. The predicted octanol–water partition coefficient (Wildman–Crippen LogP) is 11.7. The molecule has 0 N–H and O–H groups in total. The summed E-state index contributed by atoms with van der Waals surface area (Å²) >= 11 is 0. The minimum Gasteiger partial charge on any atom is -0.490 e. The van der Waals surface area contributed by atoms with Gasteiger partial charge in [0.05, 0.1) is 6.61 Å². The Morgan fingerprint density at radius 1 is 0.644 bits per heavy atom. The zero-order valence-corrected chi connectivity index (χ0v) is 27.4. The molecule has 0 fully saturated rings. The van der Waals surface area contributed by atoms with E-state index in [4.69, 9.17) is 14.2 Å². The van der Waals surface area contributed by atoms with E-state index in [0.29, 0.717) is 25.0 Å². The monoisotopic (exact) mass is 600 g/mol. The van der Waals surface area contributed by atoms with Crippen molar-refractivity contribution in [3.63, 3.8) is 0 Å². The van der Waals surface area contributed by atoms with Crippen molar-refractivity contribution in [3.05, 3.63) is 121 Å². The molecule has 0 aliphatic heterocycles. The molecule has 0 heterocycles. The van der Waals surface area contributed by atoms with Crippen LogP contribution in [0.4, 0.5) is 0 Å². The van der Waals surface area contributed by atoms with E-state index in [1.165, 1.54) is 29.2 Å². The van der Waals surface area contributed by atoms with Crippen molar-refractivity contribution < 1.29 is 14.2 Å². The van der Waals surface area contributed by atoms with Gasteiger partial charge in [0.15, 0.2) is 6.29 Å². The van der Waals surface area contributed by atoms with Gasteiger partial charge in [0.25, 0.3) is 0 Å². The van der Waals surface area contributed by atoms with Crippen LogP contribution < -0.4 is 9.47 Å². The maximum atomic E-state index is 6.56. The fourth-order valence-corrected chi connectivity index (χ4v) is 5.86. The van der Waals surface area contributed by atoms with Crippen molar-refractivity contribution in [1.82, 2.24) is 0 Å². The molecule has 0 amide bonds. The van der Waals surface area contributed by atoms with Crippen LogP contribution in [0.15, 0.2) is 115 Å². The molecule has 3 nitrogen and oxygen atoms in total. The van der Waals surface area contributed by atoms with E-state index in [9.17, 15) is 0 Å². The predicted molar refractivity (Wildman–Crippen MR) is 189 cm³/mol. The number of fused-ring (bicyclic) bond motifs is 1. The Balaban J connectivity index is 1.31. The first-order chi connectivity index (χ1) is 22.1. The number of hydrogen-bond acceptors (Lipinski definition) is 3. The van der Waals surface area contributed by atoms with Gasteiger partial charge >= 0.3 is 0 Å². The van der Waals surface area contributed by atoms with Crippen LogP contribution >= 0.6 is 0 Å². The van der Waals surface area contributed by atoms with Crippen molar-refractivity contribution in [2.45, 2.75) is 72.0 Å². The quantitative estimate of drug-likeness (QED) is 0.0833. The summed E-state index contributed by atoms with van der Waals surface area (Å²) in [5, 5.41) is 2.43. The van der Waals surface area contributed by atoms with Crippen molar-refractivity contribution >= 4 is 10.8 Å². The van der Waals surface area contributed by atoms with Gasteiger partial charge < -0.3 is 14.2 Å². The molecular weight excluding hydrogens is 552 g/mol. The van der Waals surface area contributed by atoms with Gasteiger partial charge in [-0.05, 0) is 57.9 Å². The highest BCUT2D eigenvalue weighted by Crippen LogP contribution is 2.39. The maximum absolute atomic E-state index is 6.56. The Morgan fingerprint density at radius 2 is 1.29 bits per heavy atom. The molecular formula is C42H48O3. The van der Waals surface area contributed by atoms with E-state index in [2.05, 4.69) is 131 Å². The summed E-state index contributed by atoms with van der Waals surface area (Å²) in [4.78, 5) is 0. The number of rotatable bonds is 16. The Hall–Kier alpha value is -4.08. The summed E-state index contributed by atoms with van der Waals surface area (Å²) in [6, 6.07) is 40.4. The van der Waals surface area contributed by atoms with Crippen molar-refractivity contribution in [3.8, 4) is 33.8 Å². The number of unbranched alkanes of at least 4 members (excludes halogenated alkanes) is 1. The first-order valence-electron chi connectivity index (χ1n) is 16.7. The molecule has 0 spiro atoms. The largest absolute Gasteiger partial charge is 0.490 e. The standard InChI is InChI=1S/C42H48O3/c1-5-7-15-31(3)28-41(45-38-25-24-36-29-35(32(4)6-2)22-23-37(36)30-38)43-26-27-44-42-39(33-16-10-8-11-17-33)20-14-21-40(42)34-18-12-9-13-19-34/h8-14,16-25,29-32,41H,5-7,15,26-28H2,1-4H3. The van der Waals surface area contributed by atoms with Crippen LogP contribution in [0.1, 0.15) is 71.3 Å². The van der Waals surface area contributed by atoms with E-state index in [1.807, 2.05) is 12.1 Å². The van der Waals surface area contributed by atoms with E-state index >= 15 is 0 Å². The second-order valence-electron chi connectivity index (χ2n) is 12.2. The lowest BCUT2D eigenvalue weighted by atomic mass is 9.96. The highest BCUT2D eigenvalue weighted by atomic mass is 16.7. The highest BCUT2D eigenvalue weighted by molar-refractivity contribution is 5.85. The van der Waals surface area contributed by atoms with Gasteiger partial charge in [0.2, 0.25) is 0 Å². The maximum Gasteiger partial charge on any atom is 0.200 e. The van der Waals surface area contributed by atoms with Crippen molar-refractivity contribution in [2.24, 2.45) is 5.92 Å². The zero-order valence-electron chi connectivity index (χ0n) is 27.4. The molecule has 5 aromatic carbocycles. The number of benzene rings is 5. The molecule has 234 valence electrons. The third-order valence-electron chi connectivity index (χ3n) is 8.75. The van der Waals surface area contributed by atoms with Crippen LogP contribution in [0, 0.1) is 5.92 Å². The molecule has 0 bridgehead atoms. The van der Waals surface area contributed by atoms with E-state index in [-0.39, 0.29) is 6.29 Å². The van der Waals surface area contributed by atoms with Crippen LogP contribution in [0.5, 0.6) is 11.5 Å². The Bertz CT molecular complexity index is 1550. The van der Waals surface area contributed by atoms with Gasteiger partial charge in [0.1, 0.15) is 18.1 Å². The average molecular weight is 601 g/mol. The highest BCUT2D eigenvalue weighted by Gasteiger charge is 2.18. The lowest BCUT2D eigenvalue weighted by Gasteiger charge is -2.24. The second kappa shape index (κ2) is 16.3. The Morgan fingerprint density at radius 3 is 1.93 bits per heavy atom. The third kappa shape index (κ3) is 8.77. The molecule has 0 aliphatic carbocycles. The van der Waals surface area contributed by atoms with Crippen LogP contribution in [0.25, 0.3) is 33.0 Å². The molecule has 0 radical (unpaired) electrons. The third-order valence-corrected chi connectivity index (χ3v) is 8.75. The van der Waals surface area contributed by atoms with Crippen LogP contribution in [0.3, 0.4) is 0 Å². The first kappa shape index (κ1) is 32.3. The molecule has 45 heavy (non-hydrogen) atoms. The SMILES string of the molecule is CCCCC(C)CC(OCCOc1c(-c2ccccc2)cccc1-c1ccccc1)Oc1ccc2cc(C(C)CC)ccc2c1. The fraction of sp³-hybridized carbons (Fsp3) is 0.333. The molecule has 5 rings (SSSR count). The Labute approximate surface area is 270 Å². The average Bonchev–Trinajstić information content (AvgIpc) is 3.09. The first-order valence-corrected chi connectivity index (χ1v) is 16.7. The summed E-state index contributed by atoms with van der Waals surface area (Å²) in [7, 11) is 0. The second-order valence-corrected chi connectivity index (χ2v) is 12.2. The van der Waals surface area contributed by atoms with Gasteiger partial charge in [-0.2, -0.15) is 0 Å². The van der Waals surface area contributed by atoms with Crippen molar-refractivity contribution in [2.75, 3.05) is 13.2 Å². The van der Waals surface area contributed by atoms with E-state index < -0.39 is 0 Å². The lowest BCUT2D eigenvalue weighted by molar-refractivity contribution is -0.0979. The molecule has 5 aromatic rings. The van der Waals surface area contributed by atoms with Crippen LogP contribution in [0.2, 0.25) is 0 Å². The topological polar surface area (TPSA) is 27.7 Å². The summed E-state index contributed by atoms with van der Waals surface area (Å²) in [5.41, 5.74) is 5.79. The summed E-state index contributed by atoms with van der Waals surface area (Å²) in [6.07, 6.45) is 5.19. The molecule has 0 saturated carbocycles. The molecule has 0 aromatic heterocycles. The summed E-state index contributed by atoms with van der Waals surface area (Å²) in [5.74, 6) is 2.77. The molecule has 3 heteroatoms. The lowest BCUT2D eigenvalue weighted by Crippen LogP contribution is -2.26. The van der Waals surface area contributed by atoms with Crippen LogP contribution in [-0.2, 0) is 4.74 Å². The van der Waals surface area contributed by atoms with E-state index in [1.54, 1.807) is 0 Å². The normalized spacial score (nSPS) is 13.3.